The first-order valence-electron chi connectivity index (χ1n) is 16.3. The van der Waals surface area contributed by atoms with Crippen LogP contribution in [0.25, 0.3) is 22.3 Å². The fourth-order valence-corrected chi connectivity index (χ4v) is 6.98. The first kappa shape index (κ1) is 31.3. The van der Waals surface area contributed by atoms with E-state index in [2.05, 4.69) is 20.2 Å². The van der Waals surface area contributed by atoms with Gasteiger partial charge in [-0.3, -0.25) is 34.3 Å². The maximum absolute atomic E-state index is 15.4. The topological polar surface area (TPSA) is 166 Å². The van der Waals surface area contributed by atoms with E-state index in [1.54, 1.807) is 0 Å². The Bertz CT molecular complexity index is 2180. The SMILES string of the molecule is Nc1ncnc2c1c(-c1ccc(Oc3ccccc3)cc1)nn2C1CCN(Cc2cc3c(cc2F)C(=O)N(C2CCC(=O)NC2=O)C3=O)CC1. The van der Waals surface area contributed by atoms with Gasteiger partial charge >= 0.3 is 0 Å². The number of hydrogen-bond acceptors (Lipinski definition) is 10. The van der Waals surface area contributed by atoms with Crippen LogP contribution in [0.1, 0.15) is 58.0 Å². The van der Waals surface area contributed by atoms with E-state index in [0.29, 0.717) is 54.2 Å². The zero-order valence-electron chi connectivity index (χ0n) is 26.7. The summed E-state index contributed by atoms with van der Waals surface area (Å²) in [4.78, 5) is 62.1. The van der Waals surface area contributed by atoms with Crippen molar-refractivity contribution in [3.8, 4) is 22.8 Å². The highest BCUT2D eigenvalue weighted by Gasteiger charge is 2.45. The molecule has 4 amide bonds. The summed E-state index contributed by atoms with van der Waals surface area (Å²) in [5.41, 5.74) is 8.74. The number of fused-ring (bicyclic) bond motifs is 2. The number of rotatable bonds is 7. The van der Waals surface area contributed by atoms with E-state index < -0.39 is 35.5 Å². The van der Waals surface area contributed by atoms with E-state index in [4.69, 9.17) is 15.6 Å². The number of nitrogens with two attached hydrogens (primary N) is 1. The molecule has 50 heavy (non-hydrogen) atoms. The maximum atomic E-state index is 15.4. The van der Waals surface area contributed by atoms with Crippen LogP contribution < -0.4 is 15.8 Å². The van der Waals surface area contributed by atoms with E-state index in [9.17, 15) is 19.2 Å². The number of nitrogen functional groups attached to an aromatic ring is 1. The molecule has 3 aliphatic heterocycles. The van der Waals surface area contributed by atoms with Gasteiger partial charge < -0.3 is 10.5 Å². The average molecular weight is 675 g/mol. The summed E-state index contributed by atoms with van der Waals surface area (Å²) in [6, 6.07) is 18.5. The molecular weight excluding hydrogens is 643 g/mol. The van der Waals surface area contributed by atoms with E-state index in [0.717, 1.165) is 22.3 Å². The Morgan fingerprint density at radius 2 is 1.58 bits per heavy atom. The Morgan fingerprint density at radius 1 is 0.880 bits per heavy atom. The summed E-state index contributed by atoms with van der Waals surface area (Å²) >= 11 is 0. The average Bonchev–Trinajstić information content (AvgIpc) is 3.62. The van der Waals surface area contributed by atoms with Crippen LogP contribution in [0.5, 0.6) is 11.5 Å². The lowest BCUT2D eigenvalue weighted by molar-refractivity contribution is -0.136. The fourth-order valence-electron chi connectivity index (χ4n) is 6.98. The van der Waals surface area contributed by atoms with Crippen molar-refractivity contribution in [1.29, 1.82) is 0 Å². The number of imide groups is 2. The Balaban J connectivity index is 0.978. The Labute approximate surface area is 284 Å². The minimum atomic E-state index is -1.11. The van der Waals surface area contributed by atoms with Crippen LogP contribution in [-0.4, -0.2) is 72.3 Å². The molecular formula is C36H31FN8O5. The van der Waals surface area contributed by atoms with Gasteiger partial charge in [-0.2, -0.15) is 5.10 Å². The standard InChI is InChI=1S/C36H31FN8O5/c37-27-17-26-25(35(48)44(36(26)49)28-10-11-29(46)41-34(28)47)16-21(27)18-43-14-12-22(13-15-43)45-33-30(32(38)39-19-40-33)31(42-45)20-6-8-24(9-7-20)50-23-4-2-1-3-5-23/h1-9,16-17,19,22,28H,10-15,18H2,(H2,38,39,40)(H,41,46,47). The van der Waals surface area contributed by atoms with E-state index in [1.165, 1.54) is 12.4 Å². The number of ether oxygens (including phenoxy) is 1. The lowest BCUT2D eigenvalue weighted by Gasteiger charge is -2.32. The van der Waals surface area contributed by atoms with Crippen LogP contribution in [0.2, 0.25) is 0 Å². The number of anilines is 1. The summed E-state index contributed by atoms with van der Waals surface area (Å²) in [5.74, 6) is -1.43. The molecule has 0 aliphatic carbocycles. The zero-order chi connectivity index (χ0) is 34.5. The van der Waals surface area contributed by atoms with Crippen molar-refractivity contribution in [3.63, 3.8) is 0 Å². The molecule has 1 atom stereocenters. The maximum Gasteiger partial charge on any atom is 0.262 e. The number of carbonyl (C=O) groups excluding carboxylic acids is 4. The van der Waals surface area contributed by atoms with E-state index in [-0.39, 0.29) is 42.1 Å². The molecule has 5 aromatic rings. The molecule has 0 saturated carbocycles. The molecule has 2 fully saturated rings. The molecule has 3 N–H and O–H groups in total. The van der Waals surface area contributed by atoms with Crippen LogP contribution in [0.4, 0.5) is 10.2 Å². The van der Waals surface area contributed by atoms with Gasteiger partial charge in [0.25, 0.3) is 11.8 Å². The second kappa shape index (κ2) is 12.5. The Hall–Kier alpha value is -6.02. The van der Waals surface area contributed by atoms with Crippen LogP contribution in [0.3, 0.4) is 0 Å². The van der Waals surface area contributed by atoms with Gasteiger partial charge in [0.15, 0.2) is 5.65 Å². The Morgan fingerprint density at radius 3 is 2.30 bits per heavy atom. The van der Waals surface area contributed by atoms with Crippen molar-refractivity contribution < 1.29 is 28.3 Å². The lowest BCUT2D eigenvalue weighted by Crippen LogP contribution is -2.54. The highest BCUT2D eigenvalue weighted by Crippen LogP contribution is 2.36. The van der Waals surface area contributed by atoms with Gasteiger partial charge in [-0.25, -0.2) is 19.0 Å². The van der Waals surface area contributed by atoms with Crippen molar-refractivity contribution in [2.75, 3.05) is 18.8 Å². The molecule has 2 saturated heterocycles. The number of carbonyl (C=O) groups is 4. The van der Waals surface area contributed by atoms with Crippen molar-refractivity contribution >= 4 is 40.5 Å². The van der Waals surface area contributed by atoms with Gasteiger partial charge in [0, 0.05) is 37.2 Å². The third-order valence-electron chi connectivity index (χ3n) is 9.53. The molecule has 5 heterocycles. The van der Waals surface area contributed by atoms with Crippen LogP contribution in [0, 0.1) is 5.82 Å². The molecule has 8 rings (SSSR count). The van der Waals surface area contributed by atoms with Gasteiger partial charge in [0.1, 0.15) is 41.2 Å². The van der Waals surface area contributed by atoms with Gasteiger partial charge in [-0.1, -0.05) is 18.2 Å². The number of hydrogen-bond donors (Lipinski definition) is 2. The molecule has 14 heteroatoms. The second-order valence-corrected chi connectivity index (χ2v) is 12.6. The van der Waals surface area contributed by atoms with Gasteiger partial charge in [-0.15, -0.1) is 0 Å². The van der Waals surface area contributed by atoms with Crippen molar-refractivity contribution in [3.05, 3.63) is 95.6 Å². The summed E-state index contributed by atoms with van der Waals surface area (Å²) in [6.45, 7) is 1.45. The summed E-state index contributed by atoms with van der Waals surface area (Å²) in [6.07, 6.45) is 2.85. The highest BCUT2D eigenvalue weighted by atomic mass is 19.1. The first-order valence-corrected chi connectivity index (χ1v) is 16.3. The largest absolute Gasteiger partial charge is 0.457 e. The minimum absolute atomic E-state index is 0.00701. The van der Waals surface area contributed by atoms with Crippen molar-refractivity contribution in [1.82, 2.24) is 34.9 Å². The number of halogens is 1. The number of likely N-dealkylation sites (tertiary alicyclic amines) is 1. The summed E-state index contributed by atoms with van der Waals surface area (Å²) < 4.78 is 23.2. The predicted octanol–water partition coefficient (Wildman–Crippen LogP) is 4.25. The number of nitrogens with zero attached hydrogens (tertiary/aromatic N) is 6. The van der Waals surface area contributed by atoms with Gasteiger partial charge in [0.05, 0.1) is 22.6 Å². The smallest absolute Gasteiger partial charge is 0.262 e. The quantitative estimate of drug-likeness (QED) is 0.239. The highest BCUT2D eigenvalue weighted by molar-refractivity contribution is 6.23. The molecule has 0 radical (unpaired) electrons. The van der Waals surface area contributed by atoms with E-state index >= 15 is 4.39 Å². The number of aromatic nitrogens is 4. The number of amides is 4. The number of para-hydroxylation sites is 1. The van der Waals surface area contributed by atoms with Crippen molar-refractivity contribution in [2.24, 2.45) is 0 Å². The molecule has 13 nitrogen and oxygen atoms in total. The molecule has 0 spiro atoms. The van der Waals surface area contributed by atoms with Crippen molar-refractivity contribution in [2.45, 2.75) is 44.3 Å². The van der Waals surface area contributed by atoms with E-state index in [1.807, 2.05) is 59.3 Å². The monoisotopic (exact) mass is 674 g/mol. The normalized spacial score (nSPS) is 18.5. The lowest BCUT2D eigenvalue weighted by atomic mass is 10.0. The number of nitrogens with one attached hydrogen (secondary N) is 1. The second-order valence-electron chi connectivity index (χ2n) is 12.6. The number of benzene rings is 3. The zero-order valence-corrected chi connectivity index (χ0v) is 26.7. The molecule has 2 aromatic heterocycles. The third kappa shape index (κ3) is 5.52. The Kier molecular flexibility index (Phi) is 7.79. The third-order valence-corrected chi connectivity index (χ3v) is 9.53. The summed E-state index contributed by atoms with van der Waals surface area (Å²) in [7, 11) is 0. The van der Waals surface area contributed by atoms with Gasteiger partial charge in [0.2, 0.25) is 11.8 Å². The number of piperidine rings is 2. The van der Waals surface area contributed by atoms with Crippen LogP contribution in [0.15, 0.2) is 73.1 Å². The minimum Gasteiger partial charge on any atom is -0.457 e. The predicted molar refractivity (Wildman–Crippen MR) is 178 cm³/mol. The van der Waals surface area contributed by atoms with Gasteiger partial charge in [-0.05, 0) is 67.8 Å². The molecule has 1 unspecified atom stereocenters. The van der Waals surface area contributed by atoms with Crippen LogP contribution in [-0.2, 0) is 16.1 Å². The molecule has 0 bridgehead atoms. The molecule has 252 valence electrons. The van der Waals surface area contributed by atoms with Crippen LogP contribution >= 0.6 is 0 Å². The molecule has 3 aliphatic rings. The summed E-state index contributed by atoms with van der Waals surface area (Å²) in [5, 5.41) is 7.82. The first-order chi connectivity index (χ1) is 24.2. The molecule has 3 aromatic carbocycles. The fraction of sp³-hybridized carbons (Fsp3) is 0.250.